The molecule has 0 fully saturated rings. The molecular formula is C19H20N4O. The molecule has 2 aliphatic heterocycles. The molecule has 0 radical (unpaired) electrons. The lowest BCUT2D eigenvalue weighted by molar-refractivity contribution is 0.962. The van der Waals surface area contributed by atoms with Crippen molar-refractivity contribution < 1.29 is 0 Å². The first kappa shape index (κ1) is 15.8. The van der Waals surface area contributed by atoms with Crippen LogP contribution in [-0.4, -0.2) is 28.6 Å². The van der Waals surface area contributed by atoms with Crippen LogP contribution in [-0.2, 0) is 0 Å². The number of aromatic nitrogens is 3. The second-order valence-electron chi connectivity index (χ2n) is 5.81. The lowest BCUT2D eigenvalue weighted by atomic mass is 10.2. The van der Waals surface area contributed by atoms with Gasteiger partial charge >= 0.3 is 0 Å². The Morgan fingerprint density at radius 3 is 2.54 bits per heavy atom. The van der Waals surface area contributed by atoms with Crippen molar-refractivity contribution in [3.05, 3.63) is 76.1 Å². The summed E-state index contributed by atoms with van der Waals surface area (Å²) in [4.78, 5) is 21.3. The Morgan fingerprint density at radius 2 is 1.83 bits per heavy atom. The molecular weight excluding hydrogens is 300 g/mol. The highest BCUT2D eigenvalue weighted by Gasteiger charge is 2.09. The summed E-state index contributed by atoms with van der Waals surface area (Å²) >= 11 is 0. The molecule has 3 rings (SSSR count). The van der Waals surface area contributed by atoms with Crippen molar-refractivity contribution in [1.29, 1.82) is 0 Å². The quantitative estimate of drug-likeness (QED) is 0.752. The molecule has 0 unspecified atom stereocenters. The number of imidazole rings is 1. The fraction of sp³-hybridized carbons (Fsp3) is 0.158. The molecule has 1 aromatic carbocycles. The summed E-state index contributed by atoms with van der Waals surface area (Å²) in [6.45, 7) is 1.72. The number of nitrogens with one attached hydrogen (secondary N) is 1. The second-order valence-corrected chi connectivity index (χ2v) is 5.81. The number of rotatable bonds is 4. The van der Waals surface area contributed by atoms with Gasteiger partial charge in [0.05, 0.1) is 5.69 Å². The molecule has 1 aromatic rings. The van der Waals surface area contributed by atoms with E-state index in [-0.39, 0.29) is 5.56 Å². The molecule has 0 atom stereocenters. The van der Waals surface area contributed by atoms with Gasteiger partial charge in [0.2, 0.25) is 0 Å². The highest BCUT2D eigenvalue weighted by atomic mass is 16.1. The Balaban J connectivity index is 1.73. The van der Waals surface area contributed by atoms with Crippen molar-refractivity contribution in [1.82, 2.24) is 14.5 Å². The van der Waals surface area contributed by atoms with Crippen LogP contribution in [0.4, 0.5) is 5.69 Å². The summed E-state index contributed by atoms with van der Waals surface area (Å²) in [6.07, 6.45) is 11.4. The maximum atomic E-state index is 11.9. The molecule has 5 nitrogen and oxygen atoms in total. The third-order valence-electron chi connectivity index (χ3n) is 3.78. The molecule has 0 amide bonds. The number of allylic oxidation sites excluding steroid dienone is 2. The lowest BCUT2D eigenvalue weighted by Gasteiger charge is -2.11. The number of H-pyrrole nitrogens is 1. The smallest absolute Gasteiger partial charge is 0.277 e. The van der Waals surface area contributed by atoms with Crippen LogP contribution in [0.15, 0.2) is 53.6 Å². The molecule has 2 aliphatic rings. The highest BCUT2D eigenvalue weighted by Crippen LogP contribution is 2.13. The van der Waals surface area contributed by atoms with E-state index in [1.165, 1.54) is 5.69 Å². The first-order chi connectivity index (χ1) is 11.5. The fourth-order valence-corrected chi connectivity index (χ4v) is 2.40. The molecule has 0 aliphatic carbocycles. The van der Waals surface area contributed by atoms with Gasteiger partial charge in [0.25, 0.3) is 5.56 Å². The van der Waals surface area contributed by atoms with E-state index in [9.17, 15) is 4.79 Å². The molecule has 1 N–H and O–H groups in total. The van der Waals surface area contributed by atoms with E-state index in [0.717, 1.165) is 11.3 Å². The van der Waals surface area contributed by atoms with E-state index in [4.69, 9.17) is 0 Å². The van der Waals surface area contributed by atoms with Gasteiger partial charge in [-0.1, -0.05) is 30.4 Å². The maximum Gasteiger partial charge on any atom is 0.277 e. The van der Waals surface area contributed by atoms with Gasteiger partial charge in [-0.2, -0.15) is 0 Å². The lowest BCUT2D eigenvalue weighted by Crippen LogP contribution is -2.13. The number of hydrogen-bond donors (Lipinski definition) is 1. The summed E-state index contributed by atoms with van der Waals surface area (Å²) in [5.74, 6) is 0.631. The summed E-state index contributed by atoms with van der Waals surface area (Å²) in [5, 5.41) is 0. The Kier molecular flexibility index (Phi) is 4.33. The molecule has 24 heavy (non-hydrogen) atoms. The van der Waals surface area contributed by atoms with Crippen LogP contribution in [0.25, 0.3) is 18.0 Å². The van der Waals surface area contributed by atoms with Gasteiger partial charge < -0.3 is 9.88 Å². The highest BCUT2D eigenvalue weighted by molar-refractivity contribution is 5.58. The zero-order valence-corrected chi connectivity index (χ0v) is 14.0. The first-order valence-corrected chi connectivity index (χ1v) is 7.74. The minimum absolute atomic E-state index is 0.0785. The van der Waals surface area contributed by atoms with E-state index in [1.54, 1.807) is 23.9 Å². The Bertz CT molecular complexity index is 913. The Hall–Kier alpha value is -3.08. The third kappa shape index (κ3) is 3.30. The Morgan fingerprint density at radius 1 is 1.12 bits per heavy atom. The predicted molar refractivity (Wildman–Crippen MR) is 98.9 cm³/mol. The van der Waals surface area contributed by atoms with Crippen LogP contribution in [0.5, 0.6) is 0 Å². The van der Waals surface area contributed by atoms with Crippen molar-refractivity contribution >= 4 is 17.8 Å². The van der Waals surface area contributed by atoms with Crippen LogP contribution in [0.1, 0.15) is 17.0 Å². The number of nitrogens with zero attached hydrogens (tertiary/aromatic N) is 3. The topological polar surface area (TPSA) is 53.9 Å². The number of aromatic amines is 1. The van der Waals surface area contributed by atoms with Crippen molar-refractivity contribution in [2.75, 3.05) is 19.0 Å². The molecule has 0 aromatic heterocycles. The van der Waals surface area contributed by atoms with E-state index in [2.05, 4.69) is 39.1 Å². The third-order valence-corrected chi connectivity index (χ3v) is 3.78. The zero-order valence-electron chi connectivity index (χ0n) is 14.0. The van der Waals surface area contributed by atoms with Gasteiger partial charge in [0.15, 0.2) is 5.82 Å². The van der Waals surface area contributed by atoms with E-state index >= 15 is 0 Å². The number of anilines is 1. The van der Waals surface area contributed by atoms with Crippen molar-refractivity contribution in [2.45, 2.75) is 6.92 Å². The van der Waals surface area contributed by atoms with Crippen LogP contribution in [0, 0.1) is 6.92 Å². The molecule has 5 heteroatoms. The second kappa shape index (κ2) is 6.58. The Labute approximate surface area is 140 Å². The summed E-state index contributed by atoms with van der Waals surface area (Å²) in [6, 6.07) is 8.33. The minimum atomic E-state index is -0.0785. The van der Waals surface area contributed by atoms with Crippen LogP contribution >= 0.6 is 0 Å². The van der Waals surface area contributed by atoms with Crippen LogP contribution in [0.3, 0.4) is 0 Å². The average Bonchev–Trinajstić information content (AvgIpc) is 2.86. The molecule has 122 valence electrons. The number of hydrogen-bond acceptors (Lipinski definition) is 3. The van der Waals surface area contributed by atoms with Gasteiger partial charge in [-0.25, -0.2) is 4.98 Å². The summed E-state index contributed by atoms with van der Waals surface area (Å²) < 4.78 is 1.55. The molecule has 0 bridgehead atoms. The first-order valence-electron chi connectivity index (χ1n) is 7.74. The van der Waals surface area contributed by atoms with E-state index in [1.807, 2.05) is 38.4 Å². The minimum Gasteiger partial charge on any atom is -0.378 e. The van der Waals surface area contributed by atoms with Gasteiger partial charge in [-0.05, 0) is 30.7 Å². The number of aryl methyl sites for hydroxylation is 1. The molecule has 2 heterocycles. The molecule has 0 saturated carbocycles. The van der Waals surface area contributed by atoms with Crippen molar-refractivity contribution in [3.63, 3.8) is 0 Å². The summed E-state index contributed by atoms with van der Waals surface area (Å²) in [7, 11) is 4.05. The maximum absolute atomic E-state index is 11.9. The standard InChI is InChI=1S/C19H20N4O/c1-14-19(24)23-13-16(20-12-18(23)21-14)7-5-4-6-15-8-10-17(11-9-15)22(2)3/h4-13,20H,1-3H3/b6-4+,7-5+. The normalized spacial score (nSPS) is 11.8. The van der Waals surface area contributed by atoms with Gasteiger partial charge in [0, 0.05) is 32.2 Å². The van der Waals surface area contributed by atoms with Crippen molar-refractivity contribution in [3.8, 4) is 5.82 Å². The molecule has 0 spiro atoms. The van der Waals surface area contributed by atoms with Gasteiger partial charge in [-0.15, -0.1) is 0 Å². The van der Waals surface area contributed by atoms with Gasteiger partial charge in [-0.3, -0.25) is 9.36 Å². The average molecular weight is 320 g/mol. The number of fused-ring (bicyclic) bond motifs is 1. The summed E-state index contributed by atoms with van der Waals surface area (Å²) in [5.41, 5.74) is 3.58. The fourth-order valence-electron chi connectivity index (χ4n) is 2.40. The van der Waals surface area contributed by atoms with E-state index in [0.29, 0.717) is 11.5 Å². The predicted octanol–water partition coefficient (Wildman–Crippen LogP) is 3.10. The van der Waals surface area contributed by atoms with E-state index < -0.39 is 0 Å². The van der Waals surface area contributed by atoms with Crippen molar-refractivity contribution in [2.24, 2.45) is 0 Å². The number of benzene rings is 1. The zero-order chi connectivity index (χ0) is 17.1. The SMILES string of the molecule is Cc1nc2c[nH]c(/C=C/C=C/c3ccc(N(C)C)cc3)cn-2c1=O. The monoisotopic (exact) mass is 320 g/mol. The van der Waals surface area contributed by atoms with Crippen LogP contribution in [0.2, 0.25) is 0 Å². The van der Waals surface area contributed by atoms with Crippen LogP contribution < -0.4 is 10.5 Å². The van der Waals surface area contributed by atoms with Gasteiger partial charge in [0.1, 0.15) is 5.69 Å². The molecule has 0 saturated heterocycles. The largest absolute Gasteiger partial charge is 0.378 e.